The summed E-state index contributed by atoms with van der Waals surface area (Å²) in [6.45, 7) is 10.9. The number of aromatic nitrogens is 1. The lowest BCUT2D eigenvalue weighted by Gasteiger charge is -2.34. The normalized spacial score (nSPS) is 18.1. The fraction of sp³-hybridized carbons (Fsp3) is 0.326. The number of benzene rings is 4. The Kier molecular flexibility index (Phi) is 6.23. The number of para-hydroxylation sites is 1. The number of rotatable bonds is 5. The number of fused-ring (bicyclic) bond motifs is 3. The summed E-state index contributed by atoms with van der Waals surface area (Å²) in [7, 11) is -0.0400. The number of hydrogen-bond donors (Lipinski definition) is 0. The van der Waals surface area contributed by atoms with E-state index in [1.54, 1.807) is 12.1 Å². The molecule has 0 bridgehead atoms. The quantitative estimate of drug-likeness (QED) is 0.137. The molecule has 0 spiro atoms. The predicted molar refractivity (Wildman–Crippen MR) is 199 cm³/mol. The lowest BCUT2D eigenvalue weighted by Crippen LogP contribution is -2.46. The minimum absolute atomic E-state index is 0.159. The fourth-order valence-corrected chi connectivity index (χ4v) is 8.85. The van der Waals surface area contributed by atoms with Gasteiger partial charge in [-0.05, 0) is 84.1 Å². The second kappa shape index (κ2) is 11.4. The number of furan rings is 1. The van der Waals surface area contributed by atoms with Crippen molar-refractivity contribution in [2.45, 2.75) is 78.8 Å². The third kappa shape index (κ3) is 5.43. The van der Waals surface area contributed by atoms with Crippen molar-refractivity contribution in [3.05, 3.63) is 108 Å². The van der Waals surface area contributed by atoms with Crippen LogP contribution in [0.25, 0.3) is 55.4 Å². The molecule has 2 heterocycles. The number of hydrogen-bond acceptors (Lipinski definition) is 1. The first-order valence-corrected chi connectivity index (χ1v) is 20.1. The van der Waals surface area contributed by atoms with Gasteiger partial charge < -0.3 is 4.42 Å². The van der Waals surface area contributed by atoms with Gasteiger partial charge in [0.25, 0.3) is 0 Å². The molecule has 2 aromatic heterocycles. The van der Waals surface area contributed by atoms with E-state index in [0.717, 1.165) is 73.5 Å². The Morgan fingerprint density at radius 3 is 2.30 bits per heavy atom. The summed E-state index contributed by atoms with van der Waals surface area (Å²) in [5.74, 6) is -0.910. The van der Waals surface area contributed by atoms with Gasteiger partial charge in [-0.25, -0.2) is 4.57 Å². The summed E-state index contributed by atoms with van der Waals surface area (Å²) in [6, 6.07) is 26.6. The SMILES string of the molecule is [2H]c1cc(C2([2H])CCC(C)(C)CC2)cc(C([2H])([2H])[2H])c1-c1cc(-c2c(C)ccc3c2oc2c(-c4ccccc4)cccc23)[n+](C)cc1[Si](C)(C)C. The smallest absolute Gasteiger partial charge is 0.216 e. The molecule has 1 fully saturated rings. The van der Waals surface area contributed by atoms with Gasteiger partial charge in [-0.3, -0.25) is 0 Å². The molecule has 0 unspecified atom stereocenters. The van der Waals surface area contributed by atoms with Crippen molar-refractivity contribution in [1.29, 1.82) is 0 Å². The third-order valence-electron chi connectivity index (χ3n) is 10.1. The molecule has 0 aliphatic heterocycles. The topological polar surface area (TPSA) is 17.0 Å². The highest BCUT2D eigenvalue weighted by molar-refractivity contribution is 6.89. The van der Waals surface area contributed by atoms with E-state index >= 15 is 0 Å². The molecule has 0 saturated heterocycles. The van der Waals surface area contributed by atoms with Crippen molar-refractivity contribution >= 4 is 35.2 Å². The molecule has 0 radical (unpaired) electrons. The summed E-state index contributed by atoms with van der Waals surface area (Å²) in [4.78, 5) is 0. The van der Waals surface area contributed by atoms with E-state index in [0.29, 0.717) is 24.0 Å². The van der Waals surface area contributed by atoms with Crippen LogP contribution in [0.1, 0.15) is 69.0 Å². The van der Waals surface area contributed by atoms with Crippen molar-refractivity contribution in [2.75, 3.05) is 0 Å². The van der Waals surface area contributed by atoms with Crippen LogP contribution in [0.2, 0.25) is 19.6 Å². The molecule has 1 saturated carbocycles. The van der Waals surface area contributed by atoms with Crippen LogP contribution in [-0.2, 0) is 7.05 Å². The Balaban J connectivity index is 1.49. The van der Waals surface area contributed by atoms with Crippen molar-refractivity contribution in [3.8, 4) is 33.5 Å². The van der Waals surface area contributed by atoms with E-state index in [4.69, 9.17) is 8.53 Å². The van der Waals surface area contributed by atoms with E-state index < -0.39 is 20.8 Å². The van der Waals surface area contributed by atoms with Crippen LogP contribution < -0.4 is 9.75 Å². The molecule has 6 aromatic rings. The van der Waals surface area contributed by atoms with Gasteiger partial charge in [-0.1, -0.05) is 112 Å². The van der Waals surface area contributed by atoms with E-state index in [2.05, 4.69) is 99.7 Å². The van der Waals surface area contributed by atoms with E-state index in [1.165, 1.54) is 0 Å². The Bertz CT molecular complexity index is 2300. The van der Waals surface area contributed by atoms with E-state index in [9.17, 15) is 2.74 Å². The molecule has 1 aliphatic rings. The maximum absolute atomic E-state index is 9.49. The van der Waals surface area contributed by atoms with Crippen LogP contribution >= 0.6 is 0 Å². The molecule has 3 heteroatoms. The van der Waals surface area contributed by atoms with Crippen molar-refractivity contribution in [2.24, 2.45) is 12.5 Å². The van der Waals surface area contributed by atoms with Crippen LogP contribution in [0.5, 0.6) is 0 Å². The fourth-order valence-electron chi connectivity index (χ4n) is 7.27. The van der Waals surface area contributed by atoms with Crippen LogP contribution in [0.3, 0.4) is 0 Å². The molecule has 1 aliphatic carbocycles. The molecule has 0 amide bonds. The third-order valence-corrected chi connectivity index (χ3v) is 12.1. The Labute approximate surface area is 283 Å². The van der Waals surface area contributed by atoms with Crippen LogP contribution in [-0.4, -0.2) is 8.07 Å². The van der Waals surface area contributed by atoms with Crippen LogP contribution in [0.4, 0.5) is 0 Å². The maximum atomic E-state index is 9.49. The molecule has 0 atom stereocenters. The predicted octanol–water partition coefficient (Wildman–Crippen LogP) is 11.3. The highest BCUT2D eigenvalue weighted by Crippen LogP contribution is 2.44. The molecule has 2 nitrogen and oxygen atoms in total. The minimum Gasteiger partial charge on any atom is -0.454 e. The average molecular weight is 628 g/mol. The van der Waals surface area contributed by atoms with Gasteiger partial charge in [-0.2, -0.15) is 0 Å². The second-order valence-corrected chi connectivity index (χ2v) is 20.1. The molecule has 234 valence electrons. The summed E-state index contributed by atoms with van der Waals surface area (Å²) in [5.41, 5.74) is 8.80. The first kappa shape index (κ1) is 25.2. The first-order chi connectivity index (χ1) is 23.9. The van der Waals surface area contributed by atoms with Crippen molar-refractivity contribution in [1.82, 2.24) is 0 Å². The van der Waals surface area contributed by atoms with Gasteiger partial charge in [-0.15, -0.1) is 0 Å². The zero-order valence-electron chi connectivity index (χ0n) is 33.3. The first-order valence-electron chi connectivity index (χ1n) is 19.1. The molecule has 46 heavy (non-hydrogen) atoms. The molecule has 7 rings (SSSR count). The standard InChI is InChI=1S/C43H48NOSi/c1-28-17-19-36-35-16-12-15-34(31-13-10-9-11-14-31)41(35)45-42(36)40(28)38-26-37(39(27-44(38)5)46(6,7)8)33-20-18-32(25-29(33)2)30-21-23-43(3,4)24-22-30/h9-20,25-27,30H,21-24H2,1-8H3/q+1/i2D3,20D,30D. The summed E-state index contributed by atoms with van der Waals surface area (Å²) >= 11 is 0. The molecular formula is C43H48NOSi+. The van der Waals surface area contributed by atoms with Gasteiger partial charge >= 0.3 is 0 Å². The summed E-state index contributed by atoms with van der Waals surface area (Å²) < 4.78 is 54.2. The van der Waals surface area contributed by atoms with Gasteiger partial charge in [0.1, 0.15) is 18.2 Å². The van der Waals surface area contributed by atoms with Crippen molar-refractivity contribution in [3.63, 3.8) is 0 Å². The lowest BCUT2D eigenvalue weighted by atomic mass is 9.71. The van der Waals surface area contributed by atoms with Crippen molar-refractivity contribution < 1.29 is 15.8 Å². The average Bonchev–Trinajstić information content (AvgIpc) is 3.44. The Morgan fingerprint density at radius 1 is 0.848 bits per heavy atom. The van der Waals surface area contributed by atoms with E-state index in [1.807, 2.05) is 25.2 Å². The highest BCUT2D eigenvalue weighted by Gasteiger charge is 2.31. The van der Waals surface area contributed by atoms with Gasteiger partial charge in [0.2, 0.25) is 5.69 Å². The Hall–Kier alpha value is -3.95. The van der Waals surface area contributed by atoms with Crippen LogP contribution in [0, 0.1) is 19.2 Å². The summed E-state index contributed by atoms with van der Waals surface area (Å²) in [5, 5.41) is 3.14. The number of nitrogens with zero attached hydrogens (tertiary/aromatic N) is 1. The molecule has 4 aromatic carbocycles. The lowest BCUT2D eigenvalue weighted by molar-refractivity contribution is -0.659. The monoisotopic (exact) mass is 627 g/mol. The zero-order valence-corrected chi connectivity index (χ0v) is 29.3. The summed E-state index contributed by atoms with van der Waals surface area (Å²) in [6.07, 6.45) is 5.24. The van der Waals surface area contributed by atoms with Gasteiger partial charge in [0.05, 0.1) is 15.0 Å². The minimum atomic E-state index is -2.47. The van der Waals surface area contributed by atoms with E-state index in [-0.39, 0.29) is 17.0 Å². The zero-order chi connectivity index (χ0) is 36.7. The second-order valence-electron chi connectivity index (χ2n) is 15.1. The van der Waals surface area contributed by atoms with Crippen LogP contribution in [0.15, 0.2) is 95.5 Å². The number of pyridine rings is 1. The Morgan fingerprint density at radius 2 is 1.59 bits per heavy atom. The molecule has 0 N–H and O–H groups in total. The molecular weight excluding hydrogens is 575 g/mol. The highest BCUT2D eigenvalue weighted by atomic mass is 28.3. The van der Waals surface area contributed by atoms with Gasteiger partial charge in [0.15, 0.2) is 6.20 Å². The maximum Gasteiger partial charge on any atom is 0.216 e. The largest absolute Gasteiger partial charge is 0.454 e. The van der Waals surface area contributed by atoms with Gasteiger partial charge in [0, 0.05) is 33.1 Å². The number of aryl methyl sites for hydroxylation is 3.